The maximum absolute atomic E-state index is 14.3. The molecule has 2 heterocycles. The summed E-state index contributed by atoms with van der Waals surface area (Å²) in [6.45, 7) is 7.12. The monoisotopic (exact) mass is 736 g/mol. The summed E-state index contributed by atoms with van der Waals surface area (Å²) in [6.07, 6.45) is 7.66. The van der Waals surface area contributed by atoms with Crippen molar-refractivity contribution in [3.63, 3.8) is 0 Å². The maximum atomic E-state index is 14.3. The number of sulfonamides is 1. The van der Waals surface area contributed by atoms with Gasteiger partial charge in [-0.15, -0.1) is 0 Å². The van der Waals surface area contributed by atoms with Gasteiger partial charge < -0.3 is 19.4 Å². The molecule has 0 amide bonds. The maximum Gasteiger partial charge on any atom is 0.282 e. The van der Waals surface area contributed by atoms with Crippen LogP contribution in [0.2, 0.25) is 0 Å². The zero-order valence-corrected chi connectivity index (χ0v) is 32.0. The van der Waals surface area contributed by atoms with Gasteiger partial charge in [-0.2, -0.15) is 21.3 Å². The van der Waals surface area contributed by atoms with Gasteiger partial charge in [0.1, 0.15) is 11.6 Å². The van der Waals surface area contributed by atoms with E-state index in [0.717, 1.165) is 37.4 Å². The second-order valence-electron chi connectivity index (χ2n) is 14.4. The molecule has 2 aliphatic heterocycles. The lowest BCUT2D eigenvalue weighted by Gasteiger charge is -2.39. The van der Waals surface area contributed by atoms with E-state index in [2.05, 4.69) is 4.90 Å². The normalized spacial score (nSPS) is 22.5. The first-order chi connectivity index (χ1) is 23.9. The van der Waals surface area contributed by atoms with Crippen LogP contribution in [0.1, 0.15) is 51.9 Å². The highest BCUT2D eigenvalue weighted by atomic mass is 32.2. The zero-order valence-electron chi connectivity index (χ0n) is 30.3. The SMILES string of the molecule is COc1cc(F)ccc1N1CCN(S(=O)(=O)N2CCCN(CC3CCCCC3)CCCN(S(=O)(=O)c3ccc(N(C)C)cc3)C[C@H](C)C2)CC1. The molecule has 5 rings (SSSR count). The molecule has 11 nitrogen and oxygen atoms in total. The number of rotatable bonds is 9. The molecule has 14 heteroatoms. The molecule has 2 aromatic carbocycles. The third-order valence-corrected chi connectivity index (χ3v) is 14.3. The third-order valence-electron chi connectivity index (χ3n) is 10.4. The van der Waals surface area contributed by atoms with Crippen molar-refractivity contribution in [2.45, 2.75) is 56.8 Å². The number of nitrogens with zero attached hydrogens (tertiary/aromatic N) is 6. The summed E-state index contributed by atoms with van der Waals surface area (Å²) in [5, 5.41) is 0. The van der Waals surface area contributed by atoms with Gasteiger partial charge in [0.2, 0.25) is 10.0 Å². The molecule has 3 fully saturated rings. The Morgan fingerprint density at radius 3 is 2.00 bits per heavy atom. The fourth-order valence-corrected chi connectivity index (χ4v) is 11.0. The van der Waals surface area contributed by atoms with E-state index >= 15 is 0 Å². The van der Waals surface area contributed by atoms with Crippen molar-refractivity contribution in [3.8, 4) is 5.75 Å². The van der Waals surface area contributed by atoms with Crippen molar-refractivity contribution >= 4 is 31.6 Å². The van der Waals surface area contributed by atoms with Crippen molar-refractivity contribution in [2.75, 3.05) is 103 Å². The molecule has 2 aromatic rings. The summed E-state index contributed by atoms with van der Waals surface area (Å²) in [4.78, 5) is 6.66. The van der Waals surface area contributed by atoms with Gasteiger partial charge in [0.15, 0.2) is 0 Å². The number of benzene rings is 2. The summed E-state index contributed by atoms with van der Waals surface area (Å²) < 4.78 is 80.8. The summed E-state index contributed by atoms with van der Waals surface area (Å²) >= 11 is 0. The Kier molecular flexibility index (Phi) is 13.4. The van der Waals surface area contributed by atoms with E-state index in [0.29, 0.717) is 44.3 Å². The van der Waals surface area contributed by atoms with E-state index in [1.165, 1.54) is 51.3 Å². The molecule has 0 unspecified atom stereocenters. The smallest absolute Gasteiger partial charge is 0.282 e. The van der Waals surface area contributed by atoms with Crippen LogP contribution in [0.5, 0.6) is 5.75 Å². The summed E-state index contributed by atoms with van der Waals surface area (Å²) in [5.41, 5.74) is 1.66. The summed E-state index contributed by atoms with van der Waals surface area (Å²) in [7, 11) is -2.31. The summed E-state index contributed by atoms with van der Waals surface area (Å²) in [6, 6.07) is 11.4. The quantitative estimate of drug-likeness (QED) is 0.370. The van der Waals surface area contributed by atoms with Crippen molar-refractivity contribution in [1.82, 2.24) is 17.8 Å². The summed E-state index contributed by atoms with van der Waals surface area (Å²) in [5.74, 6) is 0.428. The topological polar surface area (TPSA) is 97.0 Å². The minimum atomic E-state index is -3.84. The number of anilines is 2. The zero-order chi connectivity index (χ0) is 35.9. The fourth-order valence-electron chi connectivity index (χ4n) is 7.64. The first kappa shape index (κ1) is 38.7. The average molecular weight is 737 g/mol. The fraction of sp³-hybridized carbons (Fsp3) is 0.667. The van der Waals surface area contributed by atoms with Gasteiger partial charge in [0, 0.05) is 84.8 Å². The van der Waals surface area contributed by atoms with Gasteiger partial charge >= 0.3 is 0 Å². The van der Waals surface area contributed by atoms with Crippen LogP contribution in [-0.2, 0) is 20.2 Å². The highest BCUT2D eigenvalue weighted by Gasteiger charge is 2.35. The Hall–Kier alpha value is -2.49. The Morgan fingerprint density at radius 1 is 0.760 bits per heavy atom. The van der Waals surface area contributed by atoms with Gasteiger partial charge in [-0.25, -0.2) is 12.8 Å². The molecule has 2 saturated heterocycles. The number of methoxy groups -OCH3 is 1. The minimum Gasteiger partial charge on any atom is -0.494 e. The Bertz CT molecular complexity index is 1600. The van der Waals surface area contributed by atoms with E-state index in [1.807, 2.05) is 43.0 Å². The molecule has 0 spiro atoms. The van der Waals surface area contributed by atoms with Crippen LogP contribution >= 0.6 is 0 Å². The van der Waals surface area contributed by atoms with Gasteiger partial charge in [-0.05, 0) is 87.0 Å². The van der Waals surface area contributed by atoms with Crippen LogP contribution in [0.3, 0.4) is 0 Å². The molecule has 1 saturated carbocycles. The second kappa shape index (κ2) is 17.4. The molecule has 1 aliphatic carbocycles. The van der Waals surface area contributed by atoms with E-state index in [9.17, 15) is 21.2 Å². The Balaban J connectivity index is 1.34. The van der Waals surface area contributed by atoms with Crippen LogP contribution in [-0.4, -0.2) is 128 Å². The van der Waals surface area contributed by atoms with E-state index < -0.39 is 20.2 Å². The molecular weight excluding hydrogens is 680 g/mol. The standard InChI is InChI=1S/C36H57FN6O5S2/c1-30-27-42(49(44,45)34-15-13-33(14-16-34)38(2)3)20-8-18-39(29-31-10-6-5-7-11-31)19-9-21-43(28-30)50(46,47)41-24-22-40(23-25-41)35-17-12-32(37)26-36(35)48-4/h12-17,26,30-31H,5-11,18-25,27-29H2,1-4H3/t30-/m0/s1. The predicted octanol–water partition coefficient (Wildman–Crippen LogP) is 4.57. The Labute approximate surface area is 300 Å². The first-order valence-corrected chi connectivity index (χ1v) is 21.1. The van der Waals surface area contributed by atoms with Crippen LogP contribution in [0.4, 0.5) is 15.8 Å². The van der Waals surface area contributed by atoms with Crippen LogP contribution in [0, 0.1) is 17.7 Å². The molecule has 0 aromatic heterocycles. The molecule has 0 N–H and O–H groups in total. The van der Waals surface area contributed by atoms with E-state index in [1.54, 1.807) is 31.1 Å². The Morgan fingerprint density at radius 2 is 1.38 bits per heavy atom. The average Bonchev–Trinajstić information content (AvgIpc) is 3.10. The van der Waals surface area contributed by atoms with E-state index in [-0.39, 0.29) is 42.8 Å². The molecule has 50 heavy (non-hydrogen) atoms. The van der Waals surface area contributed by atoms with Crippen LogP contribution in [0.15, 0.2) is 47.4 Å². The number of piperazine rings is 1. The molecule has 1 atom stereocenters. The van der Waals surface area contributed by atoms with Crippen molar-refractivity contribution in [3.05, 3.63) is 48.3 Å². The number of halogens is 1. The number of hydrogen-bond donors (Lipinski definition) is 0. The van der Waals surface area contributed by atoms with Gasteiger partial charge in [-0.1, -0.05) is 26.2 Å². The van der Waals surface area contributed by atoms with Crippen LogP contribution in [0.25, 0.3) is 0 Å². The minimum absolute atomic E-state index is 0.225. The van der Waals surface area contributed by atoms with Gasteiger partial charge in [0.05, 0.1) is 17.7 Å². The number of hydrogen-bond acceptors (Lipinski definition) is 8. The lowest BCUT2D eigenvalue weighted by Crippen LogP contribution is -2.54. The predicted molar refractivity (Wildman–Crippen MR) is 198 cm³/mol. The van der Waals surface area contributed by atoms with Crippen molar-refractivity contribution in [1.29, 1.82) is 0 Å². The number of ether oxygens (including phenoxy) is 1. The van der Waals surface area contributed by atoms with Crippen molar-refractivity contribution < 1.29 is 26.0 Å². The molecule has 3 aliphatic rings. The largest absolute Gasteiger partial charge is 0.494 e. The van der Waals surface area contributed by atoms with E-state index in [4.69, 9.17) is 4.74 Å². The molecule has 0 radical (unpaired) electrons. The molecule has 0 bridgehead atoms. The molecule has 280 valence electrons. The molecular formula is C36H57FN6O5S2. The van der Waals surface area contributed by atoms with Crippen molar-refractivity contribution in [2.24, 2.45) is 11.8 Å². The lowest BCUT2D eigenvalue weighted by atomic mass is 9.89. The van der Waals surface area contributed by atoms with Gasteiger partial charge in [-0.3, -0.25) is 0 Å². The highest BCUT2D eigenvalue weighted by molar-refractivity contribution is 7.89. The second-order valence-corrected chi connectivity index (χ2v) is 18.3. The first-order valence-electron chi connectivity index (χ1n) is 18.2. The highest BCUT2D eigenvalue weighted by Crippen LogP contribution is 2.31. The van der Waals surface area contributed by atoms with Gasteiger partial charge in [0.25, 0.3) is 10.2 Å². The van der Waals surface area contributed by atoms with Crippen LogP contribution < -0.4 is 14.5 Å². The lowest BCUT2D eigenvalue weighted by molar-refractivity contribution is 0.179. The third kappa shape index (κ3) is 9.68.